The quantitative estimate of drug-likeness (QED) is 0.241. The highest BCUT2D eigenvalue weighted by Gasteiger charge is 2.12. The lowest BCUT2D eigenvalue weighted by Gasteiger charge is -1.91. The number of hydrogen-bond donors (Lipinski definition) is 3. The number of hydrogen-bond acceptors (Lipinski definition) is 4. The van der Waals surface area contributed by atoms with E-state index in [0.29, 0.717) is 0 Å². The standard InChI is InChI=1S/C5H6N4O3/c6-8-5(10)4-1-3(2-7-4)9(11)12/h1-2,7H,6H2,(H,8,10). The van der Waals surface area contributed by atoms with Gasteiger partial charge in [0.15, 0.2) is 0 Å². The lowest BCUT2D eigenvalue weighted by atomic mass is 10.4. The number of rotatable bonds is 2. The molecular weight excluding hydrogens is 164 g/mol. The summed E-state index contributed by atoms with van der Waals surface area (Å²) < 4.78 is 0. The highest BCUT2D eigenvalue weighted by atomic mass is 16.6. The van der Waals surface area contributed by atoms with Crippen LogP contribution in [0.4, 0.5) is 5.69 Å². The predicted molar refractivity (Wildman–Crippen MR) is 39.1 cm³/mol. The third-order valence-electron chi connectivity index (χ3n) is 1.25. The van der Waals surface area contributed by atoms with E-state index in [2.05, 4.69) is 4.98 Å². The number of aromatic nitrogens is 1. The summed E-state index contributed by atoms with van der Waals surface area (Å²) in [6, 6.07) is 1.10. The van der Waals surface area contributed by atoms with Crippen LogP contribution in [0.1, 0.15) is 10.5 Å². The molecule has 0 radical (unpaired) electrons. The molecule has 1 amide bonds. The van der Waals surface area contributed by atoms with Gasteiger partial charge in [-0.25, -0.2) is 5.84 Å². The Morgan fingerprint density at radius 1 is 1.75 bits per heavy atom. The average molecular weight is 170 g/mol. The molecule has 0 bridgehead atoms. The molecule has 12 heavy (non-hydrogen) atoms. The minimum Gasteiger partial charge on any atom is -0.351 e. The summed E-state index contributed by atoms with van der Waals surface area (Å²) in [6.07, 6.45) is 1.12. The molecule has 64 valence electrons. The molecule has 7 nitrogen and oxygen atoms in total. The van der Waals surface area contributed by atoms with Crippen molar-refractivity contribution in [3.05, 3.63) is 28.1 Å². The van der Waals surface area contributed by atoms with Crippen molar-refractivity contribution in [3.8, 4) is 0 Å². The molecule has 0 atom stereocenters. The number of hydrazine groups is 1. The second-order valence-electron chi connectivity index (χ2n) is 2.00. The first-order chi connectivity index (χ1) is 5.65. The summed E-state index contributed by atoms with van der Waals surface area (Å²) in [5.74, 6) is 4.21. The summed E-state index contributed by atoms with van der Waals surface area (Å²) in [7, 11) is 0. The Labute approximate surface area is 66.7 Å². The van der Waals surface area contributed by atoms with Crippen molar-refractivity contribution in [2.75, 3.05) is 0 Å². The number of H-pyrrole nitrogens is 1. The van der Waals surface area contributed by atoms with E-state index in [4.69, 9.17) is 5.84 Å². The van der Waals surface area contributed by atoms with Crippen LogP contribution in [0.2, 0.25) is 0 Å². The molecular formula is C5H6N4O3. The van der Waals surface area contributed by atoms with Gasteiger partial charge in [0.25, 0.3) is 11.6 Å². The average Bonchev–Trinajstić information content (AvgIpc) is 2.51. The molecule has 1 heterocycles. The van der Waals surface area contributed by atoms with Gasteiger partial charge in [-0.1, -0.05) is 0 Å². The van der Waals surface area contributed by atoms with E-state index in [1.165, 1.54) is 0 Å². The molecule has 1 aromatic heterocycles. The van der Waals surface area contributed by atoms with E-state index in [1.54, 1.807) is 0 Å². The number of nitrogens with one attached hydrogen (secondary N) is 2. The van der Waals surface area contributed by atoms with Gasteiger partial charge in [-0.3, -0.25) is 20.3 Å². The van der Waals surface area contributed by atoms with Gasteiger partial charge in [-0.05, 0) is 0 Å². The highest BCUT2D eigenvalue weighted by molar-refractivity contribution is 5.92. The van der Waals surface area contributed by atoms with E-state index in [0.717, 1.165) is 12.3 Å². The minimum atomic E-state index is -0.607. The fourth-order valence-corrected chi connectivity index (χ4v) is 0.697. The van der Waals surface area contributed by atoms with Crippen molar-refractivity contribution in [3.63, 3.8) is 0 Å². The van der Waals surface area contributed by atoms with Gasteiger partial charge in [0.2, 0.25) is 0 Å². The summed E-state index contributed by atoms with van der Waals surface area (Å²) in [5, 5.41) is 10.1. The molecule has 1 aromatic rings. The second kappa shape index (κ2) is 3.01. The SMILES string of the molecule is NNC(=O)c1cc([N+](=O)[O-])c[nH]1. The van der Waals surface area contributed by atoms with E-state index < -0.39 is 10.8 Å². The lowest BCUT2D eigenvalue weighted by molar-refractivity contribution is -0.384. The maximum Gasteiger partial charge on any atom is 0.287 e. The van der Waals surface area contributed by atoms with Gasteiger partial charge < -0.3 is 4.98 Å². The van der Waals surface area contributed by atoms with Gasteiger partial charge >= 0.3 is 0 Å². The first kappa shape index (κ1) is 8.21. The van der Waals surface area contributed by atoms with Crippen LogP contribution >= 0.6 is 0 Å². The fourth-order valence-electron chi connectivity index (χ4n) is 0.697. The van der Waals surface area contributed by atoms with Crippen LogP contribution in [-0.4, -0.2) is 15.8 Å². The van der Waals surface area contributed by atoms with Gasteiger partial charge in [0, 0.05) is 6.07 Å². The number of aromatic amines is 1. The third-order valence-corrected chi connectivity index (χ3v) is 1.25. The lowest BCUT2D eigenvalue weighted by Crippen LogP contribution is -2.30. The molecule has 0 saturated heterocycles. The molecule has 4 N–H and O–H groups in total. The summed E-state index contributed by atoms with van der Waals surface area (Å²) >= 11 is 0. The molecule has 0 unspecified atom stereocenters. The normalized spacial score (nSPS) is 9.42. The van der Waals surface area contributed by atoms with Crippen LogP contribution in [-0.2, 0) is 0 Å². The molecule has 1 rings (SSSR count). The van der Waals surface area contributed by atoms with Crippen LogP contribution in [0, 0.1) is 10.1 Å². The molecule has 0 fully saturated rings. The Morgan fingerprint density at radius 2 is 2.42 bits per heavy atom. The monoisotopic (exact) mass is 170 g/mol. The van der Waals surface area contributed by atoms with Crippen LogP contribution in [0.15, 0.2) is 12.3 Å². The molecule has 7 heteroatoms. The molecule has 0 aromatic carbocycles. The fraction of sp³-hybridized carbons (Fsp3) is 0. The summed E-state index contributed by atoms with van der Waals surface area (Å²) in [6.45, 7) is 0. The van der Waals surface area contributed by atoms with Crippen LogP contribution in [0.3, 0.4) is 0 Å². The first-order valence-corrected chi connectivity index (χ1v) is 2.99. The van der Waals surface area contributed by atoms with E-state index in [9.17, 15) is 14.9 Å². The number of carbonyl (C=O) groups is 1. The number of nitrogen functional groups attached to an aromatic ring is 1. The Balaban J connectivity index is 2.91. The Kier molecular flexibility index (Phi) is 2.06. The third kappa shape index (κ3) is 1.40. The molecule has 0 spiro atoms. The van der Waals surface area contributed by atoms with Gasteiger partial charge in [0.1, 0.15) is 5.69 Å². The largest absolute Gasteiger partial charge is 0.351 e. The zero-order valence-corrected chi connectivity index (χ0v) is 5.90. The topological polar surface area (TPSA) is 114 Å². The van der Waals surface area contributed by atoms with E-state index >= 15 is 0 Å². The summed E-state index contributed by atoms with van der Waals surface area (Å²) in [4.78, 5) is 22.7. The molecule has 0 aliphatic carbocycles. The molecule has 0 aliphatic heterocycles. The van der Waals surface area contributed by atoms with Crippen molar-refractivity contribution in [2.24, 2.45) is 5.84 Å². The Hall–Kier alpha value is -1.89. The van der Waals surface area contributed by atoms with Gasteiger partial charge in [0.05, 0.1) is 11.1 Å². The van der Waals surface area contributed by atoms with Crippen LogP contribution in [0.25, 0.3) is 0 Å². The zero-order valence-electron chi connectivity index (χ0n) is 5.90. The van der Waals surface area contributed by atoms with E-state index in [-0.39, 0.29) is 11.4 Å². The van der Waals surface area contributed by atoms with Crippen molar-refractivity contribution in [1.82, 2.24) is 10.4 Å². The van der Waals surface area contributed by atoms with Crippen molar-refractivity contribution < 1.29 is 9.72 Å². The Morgan fingerprint density at radius 3 is 2.83 bits per heavy atom. The van der Waals surface area contributed by atoms with Gasteiger partial charge in [-0.15, -0.1) is 0 Å². The Bertz CT molecular complexity index is 318. The van der Waals surface area contributed by atoms with Crippen molar-refractivity contribution >= 4 is 11.6 Å². The zero-order chi connectivity index (χ0) is 9.14. The second-order valence-corrected chi connectivity index (χ2v) is 2.00. The number of amides is 1. The molecule has 0 aliphatic rings. The van der Waals surface area contributed by atoms with Gasteiger partial charge in [-0.2, -0.15) is 0 Å². The molecule has 0 saturated carbocycles. The number of nitro groups is 1. The predicted octanol–water partition coefficient (Wildman–Crippen LogP) is -0.474. The van der Waals surface area contributed by atoms with Crippen molar-refractivity contribution in [1.29, 1.82) is 0 Å². The number of nitrogens with two attached hydrogens (primary N) is 1. The van der Waals surface area contributed by atoms with Crippen LogP contribution in [0.5, 0.6) is 0 Å². The first-order valence-electron chi connectivity index (χ1n) is 2.99. The summed E-state index contributed by atoms with van der Waals surface area (Å²) in [5.41, 5.74) is 1.73. The number of carbonyl (C=O) groups excluding carboxylic acids is 1. The maximum absolute atomic E-state index is 10.8. The van der Waals surface area contributed by atoms with E-state index in [1.807, 2.05) is 5.43 Å². The van der Waals surface area contributed by atoms with Crippen LogP contribution < -0.4 is 11.3 Å². The smallest absolute Gasteiger partial charge is 0.287 e. The minimum absolute atomic E-state index is 0.0594. The maximum atomic E-state index is 10.8. The van der Waals surface area contributed by atoms with Crippen molar-refractivity contribution in [2.45, 2.75) is 0 Å². The highest BCUT2D eigenvalue weighted by Crippen LogP contribution is 2.11. The number of nitrogens with zero attached hydrogens (tertiary/aromatic N) is 1.